The van der Waals surface area contributed by atoms with Crippen LogP contribution in [-0.4, -0.2) is 24.4 Å². The highest BCUT2D eigenvalue weighted by molar-refractivity contribution is 5.75. The molecule has 5 heteroatoms. The van der Waals surface area contributed by atoms with Gasteiger partial charge in [-0.3, -0.25) is 4.68 Å². The Hall–Kier alpha value is -2.14. The predicted octanol–water partition coefficient (Wildman–Crippen LogP) is 2.55. The molecule has 0 radical (unpaired) electrons. The second kappa shape index (κ2) is 5.69. The van der Waals surface area contributed by atoms with Crippen LogP contribution < -0.4 is 0 Å². The summed E-state index contributed by atoms with van der Waals surface area (Å²) in [6, 6.07) is 9.95. The summed E-state index contributed by atoms with van der Waals surface area (Å²) < 4.78 is 3.98. The van der Waals surface area contributed by atoms with Crippen molar-refractivity contribution in [3.05, 3.63) is 48.0 Å². The number of aromatic nitrogens is 4. The van der Waals surface area contributed by atoms with Crippen LogP contribution in [0.1, 0.15) is 31.5 Å². The van der Waals surface area contributed by atoms with Gasteiger partial charge in [0.25, 0.3) is 0 Å². The number of aryl methyl sites for hydroxylation is 2. The summed E-state index contributed by atoms with van der Waals surface area (Å²) in [5.41, 5.74) is 2.93. The molecule has 21 heavy (non-hydrogen) atoms. The van der Waals surface area contributed by atoms with E-state index >= 15 is 0 Å². The molecule has 0 aliphatic carbocycles. The quantitative estimate of drug-likeness (QED) is 0.783. The van der Waals surface area contributed by atoms with Gasteiger partial charge in [0.15, 0.2) is 0 Å². The number of hydrogen-bond donors (Lipinski definition) is 1. The number of nitrogens with zero attached hydrogens (tertiary/aromatic N) is 4. The minimum atomic E-state index is -0.588. The molecule has 2 heterocycles. The van der Waals surface area contributed by atoms with Crippen LogP contribution in [0.25, 0.3) is 11.0 Å². The summed E-state index contributed by atoms with van der Waals surface area (Å²) >= 11 is 0. The fraction of sp³-hybridized carbons (Fsp3) is 0.375. The first-order valence-corrected chi connectivity index (χ1v) is 7.38. The number of rotatable bonds is 5. The summed E-state index contributed by atoms with van der Waals surface area (Å²) in [5, 5.41) is 14.7. The highest BCUT2D eigenvalue weighted by atomic mass is 16.3. The van der Waals surface area contributed by atoms with E-state index in [9.17, 15) is 5.11 Å². The van der Waals surface area contributed by atoms with Crippen LogP contribution in [0.2, 0.25) is 0 Å². The second-order valence-corrected chi connectivity index (χ2v) is 5.05. The Morgan fingerprint density at radius 1 is 1.14 bits per heavy atom. The molecule has 5 nitrogen and oxygen atoms in total. The van der Waals surface area contributed by atoms with Gasteiger partial charge in [0.1, 0.15) is 11.9 Å². The van der Waals surface area contributed by atoms with Crippen LogP contribution in [0.15, 0.2) is 36.5 Å². The summed E-state index contributed by atoms with van der Waals surface area (Å²) in [6.45, 7) is 5.71. The molecule has 3 rings (SSSR count). The lowest BCUT2D eigenvalue weighted by atomic mass is 10.2. The Morgan fingerprint density at radius 2 is 1.95 bits per heavy atom. The van der Waals surface area contributed by atoms with Gasteiger partial charge in [0.05, 0.1) is 16.7 Å². The molecule has 0 saturated heterocycles. The molecule has 0 aliphatic rings. The molecule has 0 amide bonds. The van der Waals surface area contributed by atoms with Crippen molar-refractivity contribution in [2.24, 2.45) is 0 Å². The van der Waals surface area contributed by atoms with Crippen molar-refractivity contribution in [3.8, 4) is 0 Å². The van der Waals surface area contributed by atoms with E-state index in [1.54, 1.807) is 6.20 Å². The number of aliphatic hydroxyl groups excluding tert-OH is 1. The normalized spacial score (nSPS) is 12.9. The molecule has 2 aromatic heterocycles. The Kier molecular flexibility index (Phi) is 3.75. The van der Waals surface area contributed by atoms with Gasteiger partial charge in [-0.05, 0) is 32.0 Å². The molecule has 0 bridgehead atoms. The molecule has 1 unspecified atom stereocenters. The van der Waals surface area contributed by atoms with Gasteiger partial charge in [0, 0.05) is 25.7 Å². The van der Waals surface area contributed by atoms with Crippen LogP contribution in [0.4, 0.5) is 0 Å². The van der Waals surface area contributed by atoms with E-state index in [1.807, 2.05) is 35.9 Å². The lowest BCUT2D eigenvalue weighted by molar-refractivity contribution is 0.163. The number of aliphatic hydroxyl groups is 1. The van der Waals surface area contributed by atoms with Crippen molar-refractivity contribution >= 4 is 11.0 Å². The van der Waals surface area contributed by atoms with Crippen LogP contribution in [-0.2, 0) is 19.5 Å². The van der Waals surface area contributed by atoms with E-state index in [2.05, 4.69) is 27.6 Å². The van der Waals surface area contributed by atoms with Crippen LogP contribution >= 0.6 is 0 Å². The second-order valence-electron chi connectivity index (χ2n) is 5.05. The van der Waals surface area contributed by atoms with Crippen LogP contribution in [0, 0.1) is 0 Å². The van der Waals surface area contributed by atoms with Gasteiger partial charge in [0.2, 0.25) is 0 Å². The maximum absolute atomic E-state index is 10.5. The Morgan fingerprint density at radius 3 is 2.71 bits per heavy atom. The fourth-order valence-electron chi connectivity index (χ4n) is 2.80. The molecule has 0 saturated carbocycles. The van der Waals surface area contributed by atoms with Gasteiger partial charge < -0.3 is 9.67 Å². The minimum Gasteiger partial charge on any atom is -0.386 e. The predicted molar refractivity (Wildman–Crippen MR) is 82.0 cm³/mol. The van der Waals surface area contributed by atoms with E-state index in [1.165, 1.54) is 0 Å². The van der Waals surface area contributed by atoms with E-state index in [-0.39, 0.29) is 0 Å². The van der Waals surface area contributed by atoms with Crippen molar-refractivity contribution in [2.75, 3.05) is 0 Å². The topological polar surface area (TPSA) is 55.9 Å². The molecule has 1 atom stereocenters. The Labute approximate surface area is 123 Å². The third kappa shape index (κ3) is 2.45. The largest absolute Gasteiger partial charge is 0.386 e. The van der Waals surface area contributed by atoms with Gasteiger partial charge in [-0.15, -0.1) is 0 Å². The maximum Gasteiger partial charge on any atom is 0.112 e. The van der Waals surface area contributed by atoms with Gasteiger partial charge in [-0.25, -0.2) is 4.98 Å². The SMILES string of the molecule is CCn1nccc1C(O)Cc1nc2ccccc2n1CC. The Balaban J connectivity index is 1.94. The number of para-hydroxylation sites is 2. The van der Waals surface area contributed by atoms with E-state index < -0.39 is 6.10 Å². The lowest BCUT2D eigenvalue weighted by Gasteiger charge is -2.13. The number of fused-ring (bicyclic) bond motifs is 1. The van der Waals surface area contributed by atoms with Gasteiger partial charge >= 0.3 is 0 Å². The first kappa shape index (κ1) is 13.8. The zero-order chi connectivity index (χ0) is 14.8. The minimum absolute atomic E-state index is 0.494. The number of hydrogen-bond acceptors (Lipinski definition) is 3. The number of benzene rings is 1. The van der Waals surface area contributed by atoms with Gasteiger partial charge in [-0.2, -0.15) is 5.10 Å². The zero-order valence-corrected chi connectivity index (χ0v) is 12.4. The third-order valence-electron chi connectivity index (χ3n) is 3.82. The zero-order valence-electron chi connectivity index (χ0n) is 12.4. The number of imidazole rings is 1. The molecule has 0 fully saturated rings. The van der Waals surface area contributed by atoms with Crippen LogP contribution in [0.3, 0.4) is 0 Å². The standard InChI is InChI=1S/C16H20N4O/c1-3-19-13-8-6-5-7-12(13)18-16(19)11-15(21)14-9-10-17-20(14)4-2/h5-10,15,21H,3-4,11H2,1-2H3. The van der Waals surface area contributed by atoms with E-state index in [0.29, 0.717) is 6.42 Å². The Bertz CT molecular complexity index is 744. The molecule has 110 valence electrons. The summed E-state index contributed by atoms with van der Waals surface area (Å²) in [5.74, 6) is 0.912. The smallest absolute Gasteiger partial charge is 0.112 e. The average Bonchev–Trinajstić information content (AvgIpc) is 3.10. The third-order valence-corrected chi connectivity index (χ3v) is 3.82. The summed E-state index contributed by atoms with van der Waals surface area (Å²) in [7, 11) is 0. The lowest BCUT2D eigenvalue weighted by Crippen LogP contribution is -2.13. The summed E-state index contributed by atoms with van der Waals surface area (Å²) in [4.78, 5) is 4.66. The van der Waals surface area contributed by atoms with E-state index in [4.69, 9.17) is 0 Å². The molecule has 0 spiro atoms. The first-order valence-electron chi connectivity index (χ1n) is 7.38. The fourth-order valence-corrected chi connectivity index (χ4v) is 2.80. The molecular weight excluding hydrogens is 264 g/mol. The summed E-state index contributed by atoms with van der Waals surface area (Å²) in [6.07, 6.45) is 1.63. The van der Waals surface area contributed by atoms with Crippen molar-refractivity contribution in [3.63, 3.8) is 0 Å². The van der Waals surface area contributed by atoms with Crippen molar-refractivity contribution < 1.29 is 5.11 Å². The van der Waals surface area contributed by atoms with Gasteiger partial charge in [-0.1, -0.05) is 12.1 Å². The molecular formula is C16H20N4O. The van der Waals surface area contributed by atoms with Crippen molar-refractivity contribution in [1.29, 1.82) is 0 Å². The molecule has 0 aliphatic heterocycles. The molecule has 1 aromatic carbocycles. The molecule has 3 aromatic rings. The van der Waals surface area contributed by atoms with Crippen molar-refractivity contribution in [2.45, 2.75) is 39.5 Å². The van der Waals surface area contributed by atoms with Crippen LogP contribution in [0.5, 0.6) is 0 Å². The highest BCUT2D eigenvalue weighted by Gasteiger charge is 2.17. The highest BCUT2D eigenvalue weighted by Crippen LogP contribution is 2.22. The average molecular weight is 284 g/mol. The maximum atomic E-state index is 10.5. The monoisotopic (exact) mass is 284 g/mol. The van der Waals surface area contributed by atoms with E-state index in [0.717, 1.165) is 35.6 Å². The van der Waals surface area contributed by atoms with Crippen molar-refractivity contribution in [1.82, 2.24) is 19.3 Å². The first-order chi connectivity index (χ1) is 10.2. The molecule has 1 N–H and O–H groups in total.